The predicted molar refractivity (Wildman–Crippen MR) is 117 cm³/mol. The molecule has 4 heteroatoms. The molecule has 2 aromatic rings. The molecule has 0 aromatic heterocycles. The molecule has 0 spiro atoms. The summed E-state index contributed by atoms with van der Waals surface area (Å²) < 4.78 is 0. The quantitative estimate of drug-likeness (QED) is 0.677. The third-order valence-electron chi connectivity index (χ3n) is 4.98. The number of benzene rings is 2. The minimum atomic E-state index is -0.0792. The maximum absolute atomic E-state index is 12.7. The first-order valence-corrected chi connectivity index (χ1v) is 9.98. The maximum atomic E-state index is 12.7. The first-order valence-electron chi connectivity index (χ1n) is 9.98. The number of hydrogen-bond donors (Lipinski definition) is 1. The molecule has 0 unspecified atom stereocenters. The van der Waals surface area contributed by atoms with Crippen LogP contribution >= 0.6 is 0 Å². The molecule has 2 amide bonds. The van der Waals surface area contributed by atoms with Crippen LogP contribution < -0.4 is 10.2 Å². The number of amides is 2. The molecule has 0 atom stereocenters. The molecule has 0 aliphatic rings. The normalized spacial score (nSPS) is 11.0. The molecule has 1 N–H and O–H groups in total. The zero-order valence-electron chi connectivity index (χ0n) is 17.9. The fourth-order valence-corrected chi connectivity index (χ4v) is 3.43. The number of nitrogens with one attached hydrogen (secondary N) is 1. The molecular weight excluding hydrogens is 348 g/mol. The average molecular weight is 381 g/mol. The van der Waals surface area contributed by atoms with Gasteiger partial charge in [-0.3, -0.25) is 9.59 Å². The molecule has 28 heavy (non-hydrogen) atoms. The van der Waals surface area contributed by atoms with Gasteiger partial charge in [0.15, 0.2) is 0 Å². The van der Waals surface area contributed by atoms with Gasteiger partial charge in [0.1, 0.15) is 0 Å². The first kappa shape index (κ1) is 21.7. The Labute approximate surface area is 169 Å². The Hall–Kier alpha value is -2.62. The van der Waals surface area contributed by atoms with Crippen LogP contribution in [-0.2, 0) is 9.59 Å². The van der Waals surface area contributed by atoms with Crippen LogP contribution in [-0.4, -0.2) is 18.4 Å². The minimum absolute atomic E-state index is 0.0559. The minimum Gasteiger partial charge on any atom is -0.326 e. The van der Waals surface area contributed by atoms with E-state index in [2.05, 4.69) is 33.0 Å². The molecule has 0 radical (unpaired) electrons. The van der Waals surface area contributed by atoms with Gasteiger partial charge in [0.25, 0.3) is 0 Å². The van der Waals surface area contributed by atoms with Gasteiger partial charge in [-0.15, -0.1) is 0 Å². The van der Waals surface area contributed by atoms with Crippen molar-refractivity contribution < 1.29 is 9.59 Å². The van der Waals surface area contributed by atoms with E-state index in [1.165, 1.54) is 0 Å². The smallest absolute Gasteiger partial charge is 0.226 e. The van der Waals surface area contributed by atoms with Crippen molar-refractivity contribution in [1.29, 1.82) is 0 Å². The number of hydrogen-bond acceptors (Lipinski definition) is 2. The van der Waals surface area contributed by atoms with E-state index in [4.69, 9.17) is 0 Å². The molecule has 2 aromatic carbocycles. The van der Waals surface area contributed by atoms with Crippen LogP contribution in [0.5, 0.6) is 0 Å². The largest absolute Gasteiger partial charge is 0.326 e. The molecular formula is C24H32N2O2. The van der Waals surface area contributed by atoms with Gasteiger partial charge in [0.05, 0.1) is 0 Å². The Morgan fingerprint density at radius 1 is 0.929 bits per heavy atom. The van der Waals surface area contributed by atoms with E-state index < -0.39 is 0 Å². The molecule has 0 aliphatic carbocycles. The topological polar surface area (TPSA) is 49.4 Å². The van der Waals surface area contributed by atoms with Crippen LogP contribution in [0.3, 0.4) is 0 Å². The molecule has 0 saturated carbocycles. The van der Waals surface area contributed by atoms with E-state index in [1.54, 1.807) is 11.8 Å². The summed E-state index contributed by atoms with van der Waals surface area (Å²) in [6, 6.07) is 14.0. The Kier molecular flexibility index (Phi) is 7.38. The summed E-state index contributed by atoms with van der Waals surface area (Å²) >= 11 is 0. The van der Waals surface area contributed by atoms with Crippen molar-refractivity contribution >= 4 is 23.2 Å². The third kappa shape index (κ3) is 5.22. The van der Waals surface area contributed by atoms with Crippen molar-refractivity contribution in [3.63, 3.8) is 0 Å². The molecule has 0 aliphatic heterocycles. The number of anilines is 2. The van der Waals surface area contributed by atoms with Crippen molar-refractivity contribution in [2.45, 2.75) is 59.8 Å². The fraction of sp³-hybridized carbons (Fsp3) is 0.417. The lowest BCUT2D eigenvalue weighted by Gasteiger charge is -2.25. The summed E-state index contributed by atoms with van der Waals surface area (Å²) in [5.41, 5.74) is 5.06. The Morgan fingerprint density at radius 3 is 2.14 bits per heavy atom. The van der Waals surface area contributed by atoms with Crippen molar-refractivity contribution in [2.24, 2.45) is 0 Å². The van der Waals surface area contributed by atoms with E-state index in [0.29, 0.717) is 18.4 Å². The van der Waals surface area contributed by atoms with Gasteiger partial charge in [-0.05, 0) is 41.5 Å². The second-order valence-corrected chi connectivity index (χ2v) is 7.88. The lowest BCUT2D eigenvalue weighted by atomic mass is 9.98. The molecule has 0 fully saturated rings. The van der Waals surface area contributed by atoms with Gasteiger partial charge < -0.3 is 10.2 Å². The summed E-state index contributed by atoms with van der Waals surface area (Å²) in [6.45, 7) is 12.4. The third-order valence-corrected chi connectivity index (χ3v) is 4.98. The number of rotatable bonds is 7. The number of aryl methyl sites for hydroxylation is 1. The highest BCUT2D eigenvalue weighted by Crippen LogP contribution is 2.29. The zero-order chi connectivity index (χ0) is 20.8. The molecule has 0 saturated heterocycles. The molecule has 0 heterocycles. The second kappa shape index (κ2) is 9.54. The fourth-order valence-electron chi connectivity index (χ4n) is 3.43. The van der Waals surface area contributed by atoms with Crippen LogP contribution in [0.15, 0.2) is 42.5 Å². The van der Waals surface area contributed by atoms with E-state index in [9.17, 15) is 9.59 Å². The predicted octanol–water partition coefficient (Wildman–Crippen LogP) is 5.62. The highest BCUT2D eigenvalue weighted by Gasteiger charge is 2.19. The average Bonchev–Trinajstić information content (AvgIpc) is 2.63. The number of carbonyl (C=O) groups is 2. The number of carbonyl (C=O) groups excluding carboxylic acids is 2. The van der Waals surface area contributed by atoms with E-state index in [-0.39, 0.29) is 18.2 Å². The van der Waals surface area contributed by atoms with Crippen LogP contribution in [0.25, 0.3) is 0 Å². The molecule has 150 valence electrons. The highest BCUT2D eigenvalue weighted by atomic mass is 16.2. The van der Waals surface area contributed by atoms with Gasteiger partial charge in [-0.25, -0.2) is 0 Å². The Morgan fingerprint density at radius 2 is 1.54 bits per heavy atom. The molecule has 4 nitrogen and oxygen atoms in total. The van der Waals surface area contributed by atoms with E-state index in [0.717, 1.165) is 28.1 Å². The monoisotopic (exact) mass is 380 g/mol. The number of para-hydroxylation sites is 2. The van der Waals surface area contributed by atoms with Gasteiger partial charge in [0, 0.05) is 31.3 Å². The van der Waals surface area contributed by atoms with Crippen LogP contribution in [0.1, 0.15) is 69.6 Å². The van der Waals surface area contributed by atoms with Crippen LogP contribution in [0.4, 0.5) is 11.4 Å². The lowest BCUT2D eigenvalue weighted by molar-refractivity contribution is -0.117. The summed E-state index contributed by atoms with van der Waals surface area (Å²) in [6.07, 6.45) is 0.248. The van der Waals surface area contributed by atoms with Crippen LogP contribution in [0, 0.1) is 6.92 Å². The van der Waals surface area contributed by atoms with Gasteiger partial charge in [-0.1, -0.05) is 64.1 Å². The van der Waals surface area contributed by atoms with Gasteiger partial charge >= 0.3 is 0 Å². The van der Waals surface area contributed by atoms with Crippen molar-refractivity contribution in [2.75, 3.05) is 16.8 Å². The van der Waals surface area contributed by atoms with E-state index in [1.807, 2.05) is 49.4 Å². The Bertz CT molecular complexity index is 840. The summed E-state index contributed by atoms with van der Waals surface area (Å²) in [5, 5.41) is 3.07. The van der Waals surface area contributed by atoms with Crippen molar-refractivity contribution in [1.82, 2.24) is 0 Å². The summed E-state index contributed by atoms with van der Waals surface area (Å²) in [4.78, 5) is 26.7. The second-order valence-electron chi connectivity index (χ2n) is 7.88. The maximum Gasteiger partial charge on any atom is 0.226 e. The van der Waals surface area contributed by atoms with Crippen LogP contribution in [0.2, 0.25) is 0 Å². The van der Waals surface area contributed by atoms with Crippen molar-refractivity contribution in [3.05, 3.63) is 59.2 Å². The van der Waals surface area contributed by atoms with Gasteiger partial charge in [0.2, 0.25) is 11.8 Å². The standard InChI is InChI=1S/C24H32N2O2/c1-16(2)20-11-7-8-13-22(20)26(19(6)27)15-14-23(28)25-24-18(5)10-9-12-21(24)17(3)4/h7-13,16-17H,14-15H2,1-6H3,(H,25,28). The lowest BCUT2D eigenvalue weighted by Crippen LogP contribution is -2.33. The summed E-state index contributed by atoms with van der Waals surface area (Å²) in [5.74, 6) is 0.485. The Balaban J connectivity index is 2.16. The van der Waals surface area contributed by atoms with E-state index >= 15 is 0 Å². The highest BCUT2D eigenvalue weighted by molar-refractivity contribution is 5.96. The molecule has 2 rings (SSSR count). The first-order chi connectivity index (χ1) is 13.2. The summed E-state index contributed by atoms with van der Waals surface area (Å²) in [7, 11) is 0. The SMILES string of the molecule is CC(=O)N(CCC(=O)Nc1c(C)cccc1C(C)C)c1ccccc1C(C)C. The van der Waals surface area contributed by atoms with Crippen molar-refractivity contribution in [3.8, 4) is 0 Å². The number of nitrogens with zero attached hydrogens (tertiary/aromatic N) is 1. The van der Waals surface area contributed by atoms with Gasteiger partial charge in [-0.2, -0.15) is 0 Å². The zero-order valence-corrected chi connectivity index (χ0v) is 17.9. The molecule has 0 bridgehead atoms.